The van der Waals surface area contributed by atoms with E-state index in [9.17, 15) is 10.4 Å². The van der Waals surface area contributed by atoms with E-state index in [1.807, 2.05) is 24.3 Å². The molecule has 0 saturated heterocycles. The second-order valence-electron chi connectivity index (χ2n) is 9.10. The maximum absolute atomic E-state index is 12.8. The molecule has 3 aromatic rings. The van der Waals surface area contributed by atoms with Crippen LogP contribution in [-0.4, -0.2) is 15.4 Å². The molecule has 2 heterocycles. The molecule has 0 N–H and O–H groups in total. The van der Waals surface area contributed by atoms with Gasteiger partial charge in [-0.1, -0.05) is 32.9 Å². The van der Waals surface area contributed by atoms with E-state index in [0.717, 1.165) is 9.46 Å². The first-order valence-electron chi connectivity index (χ1n) is 10.2. The number of ether oxygens (including phenoxy) is 1. The van der Waals surface area contributed by atoms with Gasteiger partial charge in [-0.3, -0.25) is 0 Å². The number of nitrogens with zero attached hydrogens (tertiary/aromatic N) is 2. The molecule has 0 aliphatic heterocycles. The lowest BCUT2D eigenvalue weighted by Gasteiger charge is -2.37. The summed E-state index contributed by atoms with van der Waals surface area (Å²) in [7, 11) is -0.592. The lowest BCUT2D eigenvalue weighted by molar-refractivity contribution is -0.640. The fraction of sp³-hybridized carbons (Fsp3) is 0.333. The van der Waals surface area contributed by atoms with Crippen LogP contribution in [0.5, 0.6) is 5.75 Å². The first-order chi connectivity index (χ1) is 14.5. The molecule has 0 radical (unpaired) electrons. The Kier molecular flexibility index (Phi) is 6.11. The van der Waals surface area contributed by atoms with Gasteiger partial charge in [0.1, 0.15) is 5.75 Å². The second-order valence-corrected chi connectivity index (χ2v) is 13.8. The van der Waals surface area contributed by atoms with Crippen LogP contribution in [0.2, 0.25) is 18.1 Å². The molecule has 7 heteroatoms. The fourth-order valence-corrected chi connectivity index (χ4v) is 4.40. The number of benzene rings is 1. The van der Waals surface area contributed by atoms with Crippen LogP contribution in [0, 0.1) is 10.4 Å². The van der Waals surface area contributed by atoms with Crippen molar-refractivity contribution in [3.63, 3.8) is 0 Å². The van der Waals surface area contributed by atoms with Crippen molar-refractivity contribution in [3.8, 4) is 5.75 Å². The summed E-state index contributed by atoms with van der Waals surface area (Å²) >= 11 is 0. The van der Waals surface area contributed by atoms with Crippen LogP contribution in [0.15, 0.2) is 73.1 Å². The van der Waals surface area contributed by atoms with Crippen LogP contribution in [0.1, 0.15) is 37.7 Å². The zero-order valence-electron chi connectivity index (χ0n) is 19.0. The van der Waals surface area contributed by atoms with E-state index >= 15 is 0 Å². The molecule has 0 aliphatic rings. The topological polar surface area (TPSA) is 72.3 Å². The molecular formula is C24H30N2O4Si. The summed E-state index contributed by atoms with van der Waals surface area (Å²) in [6.45, 7) is 10.9. The molecule has 0 unspecified atom stereocenters. The number of aromatic nitrogens is 2. The maximum Gasteiger partial charge on any atom is 0.264 e. The van der Waals surface area contributed by atoms with Crippen molar-refractivity contribution in [2.75, 3.05) is 7.11 Å². The molecule has 164 valence electrons. The molecule has 31 heavy (non-hydrogen) atoms. The van der Waals surface area contributed by atoms with E-state index in [1.54, 1.807) is 36.4 Å². The van der Waals surface area contributed by atoms with E-state index in [-0.39, 0.29) is 16.4 Å². The molecule has 0 saturated carbocycles. The Balaban J connectivity index is 2.25. The van der Waals surface area contributed by atoms with Crippen LogP contribution in [-0.2, 0) is 10.3 Å². The molecule has 0 amide bonds. The zero-order chi connectivity index (χ0) is 22.9. The van der Waals surface area contributed by atoms with Gasteiger partial charge in [-0.25, -0.2) is 0 Å². The predicted octanol–water partition coefficient (Wildman–Crippen LogP) is 4.28. The third-order valence-corrected chi connectivity index (χ3v) is 10.5. The Hall–Kier alpha value is -2.90. The van der Waals surface area contributed by atoms with Gasteiger partial charge in [0.25, 0.3) is 5.60 Å². The monoisotopic (exact) mass is 438 g/mol. The number of rotatable bonds is 6. The Morgan fingerprint density at radius 3 is 1.81 bits per heavy atom. The van der Waals surface area contributed by atoms with Crippen LogP contribution in [0.3, 0.4) is 0 Å². The van der Waals surface area contributed by atoms with Crippen LogP contribution < -0.4 is 13.9 Å². The van der Waals surface area contributed by atoms with Crippen molar-refractivity contribution < 1.29 is 18.6 Å². The van der Waals surface area contributed by atoms with Crippen molar-refractivity contribution in [1.82, 2.24) is 0 Å². The third kappa shape index (κ3) is 4.15. The van der Waals surface area contributed by atoms with Gasteiger partial charge in [-0.2, -0.15) is 9.46 Å². The van der Waals surface area contributed by atoms with Crippen LogP contribution in [0.25, 0.3) is 0 Å². The van der Waals surface area contributed by atoms with Gasteiger partial charge in [-0.05, 0) is 42.4 Å². The molecule has 2 aromatic heterocycles. The number of methoxy groups -OCH3 is 1. The van der Waals surface area contributed by atoms with E-state index in [1.165, 1.54) is 19.5 Å². The highest BCUT2D eigenvalue weighted by Crippen LogP contribution is 2.40. The summed E-state index contributed by atoms with van der Waals surface area (Å²) < 4.78 is 14.0. The lowest BCUT2D eigenvalue weighted by Crippen LogP contribution is -2.50. The molecule has 0 bridgehead atoms. The number of hydrogen-bond acceptors (Lipinski definition) is 4. The highest BCUT2D eigenvalue weighted by Gasteiger charge is 2.49. The van der Waals surface area contributed by atoms with E-state index in [2.05, 4.69) is 33.9 Å². The van der Waals surface area contributed by atoms with Crippen LogP contribution in [0.4, 0.5) is 0 Å². The summed E-state index contributed by atoms with van der Waals surface area (Å²) in [5.41, 5.74) is -0.202. The zero-order valence-corrected chi connectivity index (χ0v) is 20.0. The van der Waals surface area contributed by atoms with Crippen molar-refractivity contribution >= 4 is 8.32 Å². The molecule has 0 aliphatic carbocycles. The number of pyridine rings is 2. The minimum Gasteiger partial charge on any atom is -0.618 e. The molecular weight excluding hydrogens is 408 g/mol. The van der Waals surface area contributed by atoms with Gasteiger partial charge < -0.3 is 19.6 Å². The average molecular weight is 439 g/mol. The van der Waals surface area contributed by atoms with Crippen molar-refractivity contribution in [2.45, 2.75) is 44.5 Å². The molecule has 6 nitrogen and oxygen atoms in total. The summed E-state index contributed by atoms with van der Waals surface area (Å²) in [6, 6.07) is 17.6. The maximum atomic E-state index is 12.8. The Morgan fingerprint density at radius 2 is 1.35 bits per heavy atom. The smallest absolute Gasteiger partial charge is 0.264 e. The highest BCUT2D eigenvalue weighted by molar-refractivity contribution is 6.74. The van der Waals surface area contributed by atoms with Gasteiger partial charge in [0.15, 0.2) is 12.4 Å². The highest BCUT2D eigenvalue weighted by atomic mass is 28.4. The van der Waals surface area contributed by atoms with E-state index in [4.69, 9.17) is 9.16 Å². The SMILES string of the molecule is COC(c1cccc(O[Si](C)(C)C(C)(C)C)c1)(c1cccc[n+]1[O-])c1cccc[n+]1[O-]. The van der Waals surface area contributed by atoms with Crippen molar-refractivity contribution in [1.29, 1.82) is 0 Å². The second kappa shape index (κ2) is 8.32. The van der Waals surface area contributed by atoms with Gasteiger partial charge in [0.2, 0.25) is 19.7 Å². The van der Waals surface area contributed by atoms with E-state index in [0.29, 0.717) is 11.3 Å². The van der Waals surface area contributed by atoms with Gasteiger partial charge in [0, 0.05) is 36.9 Å². The van der Waals surface area contributed by atoms with Gasteiger partial charge in [-0.15, -0.1) is 0 Å². The Bertz CT molecular complexity index is 1020. The van der Waals surface area contributed by atoms with Crippen molar-refractivity contribution in [3.05, 3.63) is 100 Å². The molecule has 3 rings (SSSR count). The van der Waals surface area contributed by atoms with E-state index < -0.39 is 13.9 Å². The fourth-order valence-electron chi connectivity index (χ4n) is 3.38. The number of hydrogen-bond donors (Lipinski definition) is 0. The van der Waals surface area contributed by atoms with Crippen LogP contribution >= 0.6 is 0 Å². The summed E-state index contributed by atoms with van der Waals surface area (Å²) in [5, 5.41) is 25.7. The van der Waals surface area contributed by atoms with Gasteiger partial charge in [0.05, 0.1) is 0 Å². The Labute approximate surface area is 185 Å². The quantitative estimate of drug-likeness (QED) is 0.327. The predicted molar refractivity (Wildman–Crippen MR) is 122 cm³/mol. The Morgan fingerprint density at radius 1 is 0.806 bits per heavy atom. The minimum atomic E-state index is -2.09. The summed E-state index contributed by atoms with van der Waals surface area (Å²) in [5.74, 6) is 0.687. The molecule has 1 aromatic carbocycles. The normalized spacial score (nSPS) is 12.6. The molecule has 0 atom stereocenters. The largest absolute Gasteiger partial charge is 0.618 e. The minimum absolute atomic E-state index is 0.0241. The first kappa shape index (κ1) is 22.8. The van der Waals surface area contributed by atoms with Gasteiger partial charge >= 0.3 is 0 Å². The summed E-state index contributed by atoms with van der Waals surface area (Å²) in [4.78, 5) is 0. The molecule has 0 spiro atoms. The average Bonchev–Trinajstić information content (AvgIpc) is 2.70. The summed E-state index contributed by atoms with van der Waals surface area (Å²) in [6.07, 6.45) is 2.80. The standard InChI is InChI=1S/C24H30N2O4Si/c1-23(2,3)31(5,6)30-20-13-11-12-19(18-20)24(29-4,21-14-7-9-16-25(21)27)22-15-8-10-17-26(22)28/h7-18H,1-6H3. The molecule has 0 fully saturated rings. The third-order valence-electron chi connectivity index (χ3n) is 6.10. The lowest BCUT2D eigenvalue weighted by atomic mass is 9.85. The first-order valence-corrected chi connectivity index (χ1v) is 13.2. The van der Waals surface area contributed by atoms with Crippen molar-refractivity contribution in [2.24, 2.45) is 0 Å².